The van der Waals surface area contributed by atoms with Crippen LogP contribution in [0.25, 0.3) is 11.0 Å². The quantitative estimate of drug-likeness (QED) is 0.856. The standard InChI is InChI=1S/C13H17IN4/c1-17(10-3-4-10)6-7-18-12-5-2-9(14)8-11(12)16-13(18)15/h2,5,8,10H,3-4,6-7H2,1H3,(H2,15,16). The zero-order valence-corrected chi connectivity index (χ0v) is 12.6. The van der Waals surface area contributed by atoms with E-state index in [4.69, 9.17) is 5.73 Å². The van der Waals surface area contributed by atoms with Crippen molar-refractivity contribution < 1.29 is 0 Å². The molecule has 1 saturated carbocycles. The molecule has 1 heterocycles. The Balaban J connectivity index is 1.83. The monoisotopic (exact) mass is 356 g/mol. The van der Waals surface area contributed by atoms with E-state index in [1.54, 1.807) is 0 Å². The van der Waals surface area contributed by atoms with Crippen LogP contribution in [0.15, 0.2) is 18.2 Å². The van der Waals surface area contributed by atoms with Gasteiger partial charge < -0.3 is 15.2 Å². The topological polar surface area (TPSA) is 47.1 Å². The second-order valence-corrected chi connectivity index (χ2v) is 6.21. The Labute approximate surface area is 120 Å². The number of imidazole rings is 1. The van der Waals surface area contributed by atoms with Gasteiger partial charge in [0.1, 0.15) is 0 Å². The van der Waals surface area contributed by atoms with Gasteiger partial charge in [0.25, 0.3) is 0 Å². The Bertz CT molecular complexity index is 574. The smallest absolute Gasteiger partial charge is 0.201 e. The molecule has 2 N–H and O–H groups in total. The Kier molecular flexibility index (Phi) is 3.19. The Morgan fingerprint density at radius 3 is 3.00 bits per heavy atom. The van der Waals surface area contributed by atoms with Crippen molar-refractivity contribution in [3.8, 4) is 0 Å². The molecule has 0 atom stereocenters. The van der Waals surface area contributed by atoms with Crippen LogP contribution in [0.5, 0.6) is 0 Å². The molecular weight excluding hydrogens is 339 g/mol. The Morgan fingerprint density at radius 2 is 2.28 bits per heavy atom. The predicted molar refractivity (Wildman–Crippen MR) is 82.5 cm³/mol. The first-order valence-corrected chi connectivity index (χ1v) is 7.34. The molecule has 2 aromatic rings. The van der Waals surface area contributed by atoms with E-state index in [2.05, 4.69) is 62.3 Å². The van der Waals surface area contributed by atoms with Gasteiger partial charge in [-0.3, -0.25) is 0 Å². The normalized spacial score (nSPS) is 15.7. The minimum atomic E-state index is 0.621. The number of halogens is 1. The zero-order valence-electron chi connectivity index (χ0n) is 10.4. The highest BCUT2D eigenvalue weighted by atomic mass is 127. The van der Waals surface area contributed by atoms with E-state index in [0.717, 1.165) is 30.2 Å². The number of hydrogen-bond acceptors (Lipinski definition) is 3. The van der Waals surface area contributed by atoms with Crippen molar-refractivity contribution in [2.45, 2.75) is 25.4 Å². The minimum Gasteiger partial charge on any atom is -0.369 e. The van der Waals surface area contributed by atoms with Crippen LogP contribution >= 0.6 is 22.6 Å². The number of fused-ring (bicyclic) bond motifs is 1. The summed E-state index contributed by atoms with van der Waals surface area (Å²) < 4.78 is 3.31. The molecule has 3 rings (SSSR count). The van der Waals surface area contributed by atoms with Crippen LogP contribution in [-0.4, -0.2) is 34.1 Å². The van der Waals surface area contributed by atoms with Crippen LogP contribution in [0.3, 0.4) is 0 Å². The number of nitrogen functional groups attached to an aromatic ring is 1. The predicted octanol–water partition coefficient (Wildman–Crippen LogP) is 2.32. The highest BCUT2D eigenvalue weighted by Crippen LogP contribution is 2.26. The third kappa shape index (κ3) is 2.33. The third-order valence-corrected chi connectivity index (χ3v) is 4.26. The molecular formula is C13H17IN4. The fourth-order valence-electron chi connectivity index (χ4n) is 2.31. The fourth-order valence-corrected chi connectivity index (χ4v) is 2.79. The number of benzene rings is 1. The average molecular weight is 356 g/mol. The maximum absolute atomic E-state index is 6.01. The molecule has 5 heteroatoms. The number of hydrogen-bond donors (Lipinski definition) is 1. The zero-order chi connectivity index (χ0) is 12.7. The summed E-state index contributed by atoms with van der Waals surface area (Å²) in [6.45, 7) is 1.95. The minimum absolute atomic E-state index is 0.621. The lowest BCUT2D eigenvalue weighted by Crippen LogP contribution is -2.25. The van der Waals surface area contributed by atoms with Gasteiger partial charge >= 0.3 is 0 Å². The maximum Gasteiger partial charge on any atom is 0.201 e. The molecule has 96 valence electrons. The van der Waals surface area contributed by atoms with Gasteiger partial charge in [-0.2, -0.15) is 0 Å². The Hall–Kier alpha value is -0.820. The summed E-state index contributed by atoms with van der Waals surface area (Å²) in [4.78, 5) is 6.84. The van der Waals surface area contributed by atoms with Gasteiger partial charge in [0, 0.05) is 22.7 Å². The van der Waals surface area contributed by atoms with Gasteiger partial charge in [0.2, 0.25) is 5.95 Å². The van der Waals surface area contributed by atoms with Gasteiger partial charge in [0.05, 0.1) is 11.0 Å². The molecule has 1 aromatic heterocycles. The summed E-state index contributed by atoms with van der Waals surface area (Å²) in [5.41, 5.74) is 8.14. The molecule has 0 aliphatic heterocycles. The first kappa shape index (κ1) is 12.2. The first-order chi connectivity index (χ1) is 8.65. The van der Waals surface area contributed by atoms with Crippen molar-refractivity contribution in [2.75, 3.05) is 19.3 Å². The number of likely N-dealkylation sites (N-methyl/N-ethyl adjacent to an activating group) is 1. The average Bonchev–Trinajstić information content (AvgIpc) is 3.11. The molecule has 4 nitrogen and oxygen atoms in total. The number of aromatic nitrogens is 2. The molecule has 0 radical (unpaired) electrons. The Morgan fingerprint density at radius 1 is 1.50 bits per heavy atom. The van der Waals surface area contributed by atoms with Crippen molar-refractivity contribution >= 4 is 39.6 Å². The molecule has 1 aliphatic rings. The number of anilines is 1. The van der Waals surface area contributed by atoms with Crippen molar-refractivity contribution in [3.63, 3.8) is 0 Å². The molecule has 0 saturated heterocycles. The lowest BCUT2D eigenvalue weighted by atomic mass is 10.3. The summed E-state index contributed by atoms with van der Waals surface area (Å²) >= 11 is 2.30. The van der Waals surface area contributed by atoms with Gasteiger partial charge in [-0.15, -0.1) is 0 Å². The second-order valence-electron chi connectivity index (χ2n) is 4.97. The number of nitrogens with zero attached hydrogens (tertiary/aromatic N) is 3. The van der Waals surface area contributed by atoms with Crippen molar-refractivity contribution in [1.29, 1.82) is 0 Å². The highest BCUT2D eigenvalue weighted by Gasteiger charge is 2.25. The van der Waals surface area contributed by atoms with Crippen LogP contribution in [0, 0.1) is 3.57 Å². The van der Waals surface area contributed by atoms with Crippen LogP contribution in [0.4, 0.5) is 5.95 Å². The van der Waals surface area contributed by atoms with Gasteiger partial charge in [-0.1, -0.05) is 0 Å². The van der Waals surface area contributed by atoms with Crippen LogP contribution in [-0.2, 0) is 6.54 Å². The summed E-state index contributed by atoms with van der Waals surface area (Å²) in [6.07, 6.45) is 2.68. The van der Waals surface area contributed by atoms with E-state index in [-0.39, 0.29) is 0 Å². The van der Waals surface area contributed by atoms with Gasteiger partial charge in [-0.05, 0) is 60.7 Å². The van der Waals surface area contributed by atoms with Gasteiger partial charge in [-0.25, -0.2) is 4.98 Å². The molecule has 0 bridgehead atoms. The summed E-state index contributed by atoms with van der Waals surface area (Å²) in [5, 5.41) is 0. The van der Waals surface area contributed by atoms with E-state index < -0.39 is 0 Å². The van der Waals surface area contributed by atoms with Crippen molar-refractivity contribution in [3.05, 3.63) is 21.8 Å². The molecule has 1 fully saturated rings. The third-order valence-electron chi connectivity index (χ3n) is 3.59. The lowest BCUT2D eigenvalue weighted by molar-refractivity contribution is 0.311. The molecule has 1 aromatic carbocycles. The molecule has 18 heavy (non-hydrogen) atoms. The van der Waals surface area contributed by atoms with Crippen molar-refractivity contribution in [1.82, 2.24) is 14.5 Å². The van der Waals surface area contributed by atoms with Crippen LogP contribution < -0.4 is 5.73 Å². The lowest BCUT2D eigenvalue weighted by Gasteiger charge is -2.16. The molecule has 0 spiro atoms. The molecule has 0 unspecified atom stereocenters. The molecule has 1 aliphatic carbocycles. The summed E-state index contributed by atoms with van der Waals surface area (Å²) in [7, 11) is 2.19. The first-order valence-electron chi connectivity index (χ1n) is 6.26. The van der Waals surface area contributed by atoms with Gasteiger partial charge in [0.15, 0.2) is 0 Å². The fraction of sp³-hybridized carbons (Fsp3) is 0.462. The number of nitrogens with two attached hydrogens (primary N) is 1. The van der Waals surface area contributed by atoms with Crippen LogP contribution in [0.2, 0.25) is 0 Å². The highest BCUT2D eigenvalue weighted by molar-refractivity contribution is 14.1. The summed E-state index contributed by atoms with van der Waals surface area (Å²) in [5.74, 6) is 0.621. The van der Waals surface area contributed by atoms with E-state index >= 15 is 0 Å². The van der Waals surface area contributed by atoms with E-state index in [1.807, 2.05) is 0 Å². The maximum atomic E-state index is 6.01. The van der Waals surface area contributed by atoms with E-state index in [1.165, 1.54) is 16.4 Å². The van der Waals surface area contributed by atoms with Crippen molar-refractivity contribution in [2.24, 2.45) is 0 Å². The largest absolute Gasteiger partial charge is 0.369 e. The van der Waals surface area contributed by atoms with E-state index in [0.29, 0.717) is 5.95 Å². The SMILES string of the molecule is CN(CCn1c(N)nc2cc(I)ccc21)C1CC1. The van der Waals surface area contributed by atoms with Crippen LogP contribution in [0.1, 0.15) is 12.8 Å². The number of rotatable bonds is 4. The second kappa shape index (κ2) is 4.70. The van der Waals surface area contributed by atoms with E-state index in [9.17, 15) is 0 Å². The summed E-state index contributed by atoms with van der Waals surface area (Å²) in [6, 6.07) is 7.08. The molecule has 0 amide bonds.